The summed E-state index contributed by atoms with van der Waals surface area (Å²) in [7, 11) is 0.457. The standard InChI is InChI=1S/C21H28N2O3S/c1-5-16-11-13-17(14-12-16)19(23(3)4)15-22-21(24)18-9-7-8-10-20(18)27(25,26)6-2/h7-14,19H,5-6,15H2,1-4H3,(H,22,24). The number of nitrogens with one attached hydrogen (secondary N) is 1. The first kappa shape index (κ1) is 21.1. The minimum absolute atomic E-state index is 0.00481. The number of hydrogen-bond acceptors (Lipinski definition) is 4. The summed E-state index contributed by atoms with van der Waals surface area (Å²) in [6.07, 6.45) is 0.979. The van der Waals surface area contributed by atoms with Gasteiger partial charge in [-0.1, -0.05) is 50.2 Å². The number of likely N-dealkylation sites (N-methyl/N-ethyl adjacent to an activating group) is 1. The summed E-state index contributed by atoms with van der Waals surface area (Å²) in [6, 6.07) is 14.7. The molecule has 6 heteroatoms. The lowest BCUT2D eigenvalue weighted by atomic mass is 10.0. The highest BCUT2D eigenvalue weighted by molar-refractivity contribution is 7.91. The Labute approximate surface area is 162 Å². The maximum atomic E-state index is 12.7. The molecular weight excluding hydrogens is 360 g/mol. The first-order valence-electron chi connectivity index (χ1n) is 9.15. The molecule has 0 aliphatic carbocycles. The van der Waals surface area contributed by atoms with E-state index in [0.717, 1.165) is 12.0 Å². The molecule has 2 aromatic carbocycles. The largest absolute Gasteiger partial charge is 0.350 e. The predicted octanol–water partition coefficient (Wildman–Crippen LogP) is 3.08. The van der Waals surface area contributed by atoms with E-state index in [9.17, 15) is 13.2 Å². The molecule has 1 unspecified atom stereocenters. The third-order valence-electron chi connectivity index (χ3n) is 4.70. The Bertz CT molecular complexity index is 875. The molecule has 0 aliphatic heterocycles. The van der Waals surface area contributed by atoms with Crippen LogP contribution < -0.4 is 5.32 Å². The van der Waals surface area contributed by atoms with E-state index >= 15 is 0 Å². The Hall–Kier alpha value is -2.18. The summed E-state index contributed by atoms with van der Waals surface area (Å²) in [5.41, 5.74) is 2.56. The molecule has 2 aromatic rings. The minimum Gasteiger partial charge on any atom is -0.350 e. The molecular formula is C21H28N2O3S. The van der Waals surface area contributed by atoms with Crippen LogP contribution >= 0.6 is 0 Å². The molecule has 0 saturated carbocycles. The highest BCUT2D eigenvalue weighted by atomic mass is 32.2. The van der Waals surface area contributed by atoms with Gasteiger partial charge in [0.2, 0.25) is 0 Å². The zero-order valence-electron chi connectivity index (χ0n) is 16.4. The Kier molecular flexibility index (Phi) is 7.16. The van der Waals surface area contributed by atoms with Crippen LogP contribution in [0.2, 0.25) is 0 Å². The van der Waals surface area contributed by atoms with Gasteiger partial charge in [0, 0.05) is 6.54 Å². The molecule has 0 heterocycles. The molecule has 1 amide bonds. The van der Waals surface area contributed by atoms with Crippen molar-refractivity contribution in [1.29, 1.82) is 0 Å². The molecule has 0 bridgehead atoms. The second kappa shape index (κ2) is 9.15. The molecule has 1 N–H and O–H groups in total. The van der Waals surface area contributed by atoms with Crippen molar-refractivity contribution in [1.82, 2.24) is 10.2 Å². The molecule has 2 rings (SSSR count). The minimum atomic E-state index is -3.46. The molecule has 0 saturated heterocycles. The van der Waals surface area contributed by atoms with E-state index in [2.05, 4.69) is 36.5 Å². The van der Waals surface area contributed by atoms with Crippen LogP contribution in [0.25, 0.3) is 0 Å². The molecule has 0 radical (unpaired) electrons. The summed E-state index contributed by atoms with van der Waals surface area (Å²) in [4.78, 5) is 14.8. The number of rotatable bonds is 8. The molecule has 0 aliphatic rings. The number of carbonyl (C=O) groups excluding carboxylic acids is 1. The fourth-order valence-corrected chi connectivity index (χ4v) is 4.03. The quantitative estimate of drug-likeness (QED) is 0.755. The fourth-order valence-electron chi connectivity index (χ4n) is 2.94. The van der Waals surface area contributed by atoms with E-state index in [0.29, 0.717) is 6.54 Å². The Morgan fingerprint density at radius 2 is 1.67 bits per heavy atom. The topological polar surface area (TPSA) is 66.5 Å². The highest BCUT2D eigenvalue weighted by Crippen LogP contribution is 2.20. The van der Waals surface area contributed by atoms with Gasteiger partial charge >= 0.3 is 0 Å². The van der Waals surface area contributed by atoms with Gasteiger partial charge in [0.1, 0.15) is 0 Å². The lowest BCUT2D eigenvalue weighted by Crippen LogP contribution is -2.35. The van der Waals surface area contributed by atoms with Crippen LogP contribution in [-0.4, -0.2) is 45.6 Å². The van der Waals surface area contributed by atoms with Crippen molar-refractivity contribution in [2.75, 3.05) is 26.4 Å². The van der Waals surface area contributed by atoms with Crippen molar-refractivity contribution in [3.05, 3.63) is 65.2 Å². The number of amides is 1. The number of nitrogens with zero attached hydrogens (tertiary/aromatic N) is 1. The highest BCUT2D eigenvalue weighted by Gasteiger charge is 2.22. The van der Waals surface area contributed by atoms with E-state index in [4.69, 9.17) is 0 Å². The van der Waals surface area contributed by atoms with Gasteiger partial charge in [0.25, 0.3) is 5.91 Å². The van der Waals surface area contributed by atoms with Gasteiger partial charge in [0.15, 0.2) is 9.84 Å². The van der Waals surface area contributed by atoms with Crippen LogP contribution in [0.3, 0.4) is 0 Å². The summed E-state index contributed by atoms with van der Waals surface area (Å²) in [6.45, 7) is 4.07. The monoisotopic (exact) mass is 388 g/mol. The molecule has 1 atom stereocenters. The molecule has 0 spiro atoms. The fraction of sp³-hybridized carbons (Fsp3) is 0.381. The van der Waals surface area contributed by atoms with Crippen LogP contribution in [0.15, 0.2) is 53.4 Å². The van der Waals surface area contributed by atoms with Gasteiger partial charge in [-0.15, -0.1) is 0 Å². The molecule has 0 fully saturated rings. The molecule has 0 aromatic heterocycles. The van der Waals surface area contributed by atoms with Crippen molar-refractivity contribution in [2.45, 2.75) is 31.2 Å². The number of benzene rings is 2. The van der Waals surface area contributed by atoms with Gasteiger partial charge < -0.3 is 10.2 Å². The van der Waals surface area contributed by atoms with E-state index in [1.807, 2.05) is 19.0 Å². The van der Waals surface area contributed by atoms with Crippen LogP contribution in [0, 0.1) is 0 Å². The van der Waals surface area contributed by atoms with Gasteiger partial charge in [-0.05, 0) is 43.8 Å². The van der Waals surface area contributed by atoms with E-state index in [-0.39, 0.29) is 28.2 Å². The Morgan fingerprint density at radius 1 is 1.04 bits per heavy atom. The average molecular weight is 389 g/mol. The first-order valence-corrected chi connectivity index (χ1v) is 10.8. The Balaban J connectivity index is 2.20. The SMILES string of the molecule is CCc1ccc(C(CNC(=O)c2ccccc2S(=O)(=O)CC)N(C)C)cc1. The van der Waals surface area contributed by atoms with Crippen molar-refractivity contribution in [3.63, 3.8) is 0 Å². The van der Waals surface area contributed by atoms with Gasteiger partial charge in [-0.2, -0.15) is 0 Å². The smallest absolute Gasteiger partial charge is 0.252 e. The predicted molar refractivity (Wildman–Crippen MR) is 109 cm³/mol. The Morgan fingerprint density at radius 3 is 2.22 bits per heavy atom. The lowest BCUT2D eigenvalue weighted by molar-refractivity contribution is 0.0938. The third kappa shape index (κ3) is 5.17. The second-order valence-corrected chi connectivity index (χ2v) is 8.93. The lowest BCUT2D eigenvalue weighted by Gasteiger charge is -2.25. The van der Waals surface area contributed by atoms with Crippen LogP contribution in [0.4, 0.5) is 0 Å². The third-order valence-corrected chi connectivity index (χ3v) is 6.49. The number of sulfone groups is 1. The van der Waals surface area contributed by atoms with Crippen molar-refractivity contribution >= 4 is 15.7 Å². The first-order chi connectivity index (χ1) is 12.8. The number of hydrogen-bond donors (Lipinski definition) is 1. The summed E-state index contributed by atoms with van der Waals surface area (Å²) < 4.78 is 24.5. The van der Waals surface area contributed by atoms with Crippen LogP contribution in [0.1, 0.15) is 41.4 Å². The van der Waals surface area contributed by atoms with Crippen LogP contribution in [0.5, 0.6) is 0 Å². The zero-order chi connectivity index (χ0) is 20.0. The van der Waals surface area contributed by atoms with E-state index in [1.165, 1.54) is 11.6 Å². The zero-order valence-corrected chi connectivity index (χ0v) is 17.2. The van der Waals surface area contributed by atoms with Gasteiger partial charge in [0.05, 0.1) is 22.3 Å². The van der Waals surface area contributed by atoms with Gasteiger partial charge in [-0.3, -0.25) is 4.79 Å². The van der Waals surface area contributed by atoms with Crippen molar-refractivity contribution in [3.8, 4) is 0 Å². The van der Waals surface area contributed by atoms with Crippen molar-refractivity contribution < 1.29 is 13.2 Å². The maximum absolute atomic E-state index is 12.7. The van der Waals surface area contributed by atoms with Crippen LogP contribution in [-0.2, 0) is 16.3 Å². The van der Waals surface area contributed by atoms with Crippen molar-refractivity contribution in [2.24, 2.45) is 0 Å². The van der Waals surface area contributed by atoms with E-state index in [1.54, 1.807) is 25.1 Å². The second-order valence-electron chi connectivity index (χ2n) is 6.68. The normalized spacial score (nSPS) is 12.8. The molecule has 27 heavy (non-hydrogen) atoms. The summed E-state index contributed by atoms with van der Waals surface area (Å²) in [5, 5.41) is 2.90. The summed E-state index contributed by atoms with van der Waals surface area (Å²) >= 11 is 0. The van der Waals surface area contributed by atoms with Gasteiger partial charge in [-0.25, -0.2) is 8.42 Å². The molecule has 5 nitrogen and oxygen atoms in total. The maximum Gasteiger partial charge on any atom is 0.252 e. The molecule has 146 valence electrons. The number of carbonyl (C=O) groups is 1. The average Bonchev–Trinajstić information content (AvgIpc) is 2.68. The summed E-state index contributed by atoms with van der Waals surface area (Å²) in [5.74, 6) is -0.416. The number of aryl methyl sites for hydroxylation is 1. The van der Waals surface area contributed by atoms with E-state index < -0.39 is 9.84 Å².